The van der Waals surface area contributed by atoms with Gasteiger partial charge in [-0.25, -0.2) is 0 Å². The summed E-state index contributed by atoms with van der Waals surface area (Å²) in [5.74, 6) is 0.499. The lowest BCUT2D eigenvalue weighted by atomic mass is 10.0. The molecule has 3 aromatic rings. The summed E-state index contributed by atoms with van der Waals surface area (Å²) < 4.78 is 3.07. The fraction of sp³-hybridized carbons (Fsp3) is 0. The number of rotatable bonds is 2. The zero-order chi connectivity index (χ0) is 14.3. The number of aromatic amines is 1. The number of anilines is 1. The smallest absolute Gasteiger partial charge is 0.153 e. The van der Waals surface area contributed by atoms with Crippen molar-refractivity contribution in [2.45, 2.75) is 0 Å². The van der Waals surface area contributed by atoms with Crippen molar-refractivity contribution in [3.05, 3.63) is 43.1 Å². The van der Waals surface area contributed by atoms with Gasteiger partial charge in [0.2, 0.25) is 0 Å². The highest BCUT2D eigenvalue weighted by molar-refractivity contribution is 9.13. The number of nitrogens with zero attached hydrogens (tertiary/aromatic N) is 1. The number of hydrogen-bond acceptors (Lipinski definition) is 3. The van der Waals surface area contributed by atoms with Gasteiger partial charge in [0.1, 0.15) is 0 Å². The van der Waals surface area contributed by atoms with Crippen molar-refractivity contribution in [1.82, 2.24) is 10.2 Å². The molecule has 0 aliphatic carbocycles. The largest absolute Gasteiger partial charge is 0.382 e. The van der Waals surface area contributed by atoms with Crippen LogP contribution < -0.4 is 5.73 Å². The second-order valence-electron chi connectivity index (χ2n) is 4.10. The second kappa shape index (κ2) is 5.63. The first-order chi connectivity index (χ1) is 9.56. The molecule has 0 saturated carbocycles. The Hall–Kier alpha value is -0.630. The lowest BCUT2D eigenvalue weighted by molar-refractivity contribution is 1.11. The average Bonchev–Trinajstić information content (AvgIpc) is 2.93. The van der Waals surface area contributed by atoms with Gasteiger partial charge < -0.3 is 5.73 Å². The number of nitrogen functional groups attached to an aromatic ring is 1. The molecule has 0 atom stereocenters. The van der Waals surface area contributed by atoms with Crippen molar-refractivity contribution in [2.24, 2.45) is 0 Å². The van der Waals surface area contributed by atoms with Crippen molar-refractivity contribution in [1.29, 1.82) is 0 Å². The molecule has 102 valence electrons. The normalized spacial score (nSPS) is 10.9. The Labute approximate surface area is 145 Å². The van der Waals surface area contributed by atoms with Crippen LogP contribution in [-0.2, 0) is 0 Å². The van der Waals surface area contributed by atoms with Crippen molar-refractivity contribution < 1.29 is 0 Å². The number of aromatic nitrogens is 2. The Morgan fingerprint density at radius 3 is 2.60 bits per heavy atom. The van der Waals surface area contributed by atoms with E-state index in [-0.39, 0.29) is 0 Å². The van der Waals surface area contributed by atoms with Crippen LogP contribution in [0.15, 0.2) is 43.1 Å². The van der Waals surface area contributed by atoms with E-state index in [0.717, 1.165) is 34.4 Å². The molecular weight excluding hydrogens is 470 g/mol. The summed E-state index contributed by atoms with van der Waals surface area (Å²) in [5, 5.41) is 7.18. The first-order valence-electron chi connectivity index (χ1n) is 5.61. The fourth-order valence-corrected chi connectivity index (χ4v) is 4.38. The van der Waals surface area contributed by atoms with Gasteiger partial charge >= 0.3 is 0 Å². The highest BCUT2D eigenvalue weighted by Crippen LogP contribution is 2.42. The van der Waals surface area contributed by atoms with E-state index in [1.54, 1.807) is 11.3 Å². The molecule has 0 radical (unpaired) electrons. The number of nitrogens with one attached hydrogen (secondary N) is 1. The minimum absolute atomic E-state index is 0.499. The van der Waals surface area contributed by atoms with Gasteiger partial charge in [-0.15, -0.1) is 11.3 Å². The maximum absolute atomic E-state index is 6.03. The predicted molar refractivity (Wildman–Crippen MR) is 94.8 cm³/mol. The summed E-state index contributed by atoms with van der Waals surface area (Å²) in [6.07, 6.45) is 0. The van der Waals surface area contributed by atoms with Crippen LogP contribution in [0.1, 0.15) is 0 Å². The molecule has 0 aliphatic rings. The standard InChI is InChI=1S/C13H8Br3N3S/c14-7-3-1-2-6(4-7)10-11(18-19-13(10)17)9-5-8(15)12(16)20-9/h1-5H,(H3,17,18,19). The molecule has 2 aromatic heterocycles. The number of benzene rings is 1. The van der Waals surface area contributed by atoms with Gasteiger partial charge in [0.05, 0.1) is 19.9 Å². The molecule has 2 heterocycles. The molecule has 0 fully saturated rings. The van der Waals surface area contributed by atoms with E-state index in [1.165, 1.54) is 0 Å². The van der Waals surface area contributed by atoms with E-state index >= 15 is 0 Å². The minimum Gasteiger partial charge on any atom is -0.382 e. The quantitative estimate of drug-likeness (QED) is 0.499. The van der Waals surface area contributed by atoms with Crippen LogP contribution in [0.2, 0.25) is 0 Å². The Morgan fingerprint density at radius 2 is 1.95 bits per heavy atom. The third kappa shape index (κ3) is 2.59. The van der Waals surface area contributed by atoms with Gasteiger partial charge in [0.25, 0.3) is 0 Å². The Bertz CT molecular complexity index is 760. The molecule has 3 nitrogen and oxygen atoms in total. The van der Waals surface area contributed by atoms with Gasteiger partial charge in [-0.1, -0.05) is 28.1 Å². The second-order valence-corrected chi connectivity index (χ2v) is 8.24. The topological polar surface area (TPSA) is 54.7 Å². The number of H-pyrrole nitrogens is 1. The minimum atomic E-state index is 0.499. The highest BCUT2D eigenvalue weighted by atomic mass is 79.9. The molecule has 3 rings (SSSR count). The van der Waals surface area contributed by atoms with Gasteiger partial charge in [0, 0.05) is 8.95 Å². The maximum atomic E-state index is 6.03. The van der Waals surface area contributed by atoms with Crippen LogP contribution in [0.4, 0.5) is 5.82 Å². The molecule has 20 heavy (non-hydrogen) atoms. The van der Waals surface area contributed by atoms with Gasteiger partial charge in [-0.2, -0.15) is 5.10 Å². The van der Waals surface area contributed by atoms with Gasteiger partial charge in [-0.05, 0) is 55.6 Å². The van der Waals surface area contributed by atoms with Crippen molar-refractivity contribution >= 4 is 64.9 Å². The van der Waals surface area contributed by atoms with Crippen LogP contribution in [0.5, 0.6) is 0 Å². The zero-order valence-electron chi connectivity index (χ0n) is 9.95. The lowest BCUT2D eigenvalue weighted by Crippen LogP contribution is -1.88. The molecule has 0 unspecified atom stereocenters. The lowest BCUT2D eigenvalue weighted by Gasteiger charge is -2.03. The van der Waals surface area contributed by atoms with Crippen molar-refractivity contribution in [2.75, 3.05) is 5.73 Å². The summed E-state index contributed by atoms with van der Waals surface area (Å²) >= 11 is 12.1. The Balaban J connectivity index is 2.19. The number of nitrogens with two attached hydrogens (primary N) is 1. The molecule has 0 aliphatic heterocycles. The molecule has 1 aromatic carbocycles. The average molecular weight is 478 g/mol. The van der Waals surface area contributed by atoms with E-state index in [0.29, 0.717) is 5.82 Å². The number of thiophene rings is 1. The first-order valence-corrected chi connectivity index (χ1v) is 8.81. The van der Waals surface area contributed by atoms with Crippen LogP contribution in [0, 0.1) is 0 Å². The third-order valence-corrected chi connectivity index (χ3v) is 6.57. The van der Waals surface area contributed by atoms with E-state index in [4.69, 9.17) is 5.73 Å². The van der Waals surface area contributed by atoms with Crippen molar-refractivity contribution in [3.8, 4) is 21.7 Å². The first kappa shape index (κ1) is 14.3. The van der Waals surface area contributed by atoms with Crippen LogP contribution in [0.3, 0.4) is 0 Å². The number of hydrogen-bond donors (Lipinski definition) is 2. The van der Waals surface area contributed by atoms with E-state index in [1.807, 2.05) is 30.3 Å². The third-order valence-electron chi connectivity index (χ3n) is 2.80. The summed E-state index contributed by atoms with van der Waals surface area (Å²) in [7, 11) is 0. The summed E-state index contributed by atoms with van der Waals surface area (Å²) in [5.41, 5.74) is 8.91. The predicted octanol–water partition coefficient (Wildman–Crippen LogP) is 5.67. The Kier molecular flexibility index (Phi) is 4.03. The summed E-state index contributed by atoms with van der Waals surface area (Å²) in [4.78, 5) is 1.07. The molecule has 0 spiro atoms. The van der Waals surface area contributed by atoms with Crippen LogP contribution in [0.25, 0.3) is 21.7 Å². The van der Waals surface area contributed by atoms with Crippen LogP contribution in [-0.4, -0.2) is 10.2 Å². The molecule has 0 bridgehead atoms. The SMILES string of the molecule is Nc1n[nH]c(-c2cc(Br)c(Br)s2)c1-c1cccc(Br)c1. The van der Waals surface area contributed by atoms with Crippen molar-refractivity contribution in [3.63, 3.8) is 0 Å². The zero-order valence-corrected chi connectivity index (χ0v) is 15.5. The molecule has 7 heteroatoms. The monoisotopic (exact) mass is 475 g/mol. The van der Waals surface area contributed by atoms with Gasteiger partial charge in [0.15, 0.2) is 5.82 Å². The Morgan fingerprint density at radius 1 is 1.15 bits per heavy atom. The fourth-order valence-electron chi connectivity index (χ4n) is 1.94. The van der Waals surface area contributed by atoms with E-state index in [2.05, 4.69) is 58.0 Å². The highest BCUT2D eigenvalue weighted by Gasteiger charge is 2.17. The molecule has 0 saturated heterocycles. The molecule has 3 N–H and O–H groups in total. The molecular formula is C13H8Br3N3S. The van der Waals surface area contributed by atoms with E-state index in [9.17, 15) is 0 Å². The maximum Gasteiger partial charge on any atom is 0.153 e. The van der Waals surface area contributed by atoms with Gasteiger partial charge in [-0.3, -0.25) is 5.10 Å². The van der Waals surface area contributed by atoms with Crippen LogP contribution >= 0.6 is 59.1 Å². The van der Waals surface area contributed by atoms with E-state index < -0.39 is 0 Å². The number of halogens is 3. The molecule has 0 amide bonds. The summed E-state index contributed by atoms with van der Waals surface area (Å²) in [6, 6.07) is 10.1. The summed E-state index contributed by atoms with van der Waals surface area (Å²) in [6.45, 7) is 0.